The predicted molar refractivity (Wildman–Crippen MR) is 87.0 cm³/mol. The Bertz CT molecular complexity index is 503. The van der Waals surface area contributed by atoms with Crippen molar-refractivity contribution in [3.63, 3.8) is 0 Å². The largest absolute Gasteiger partial charge is 0.388 e. The number of aliphatic hydroxyl groups excluding tert-OH is 1. The number of carbonyl (C=O) groups is 2. The van der Waals surface area contributed by atoms with Crippen LogP contribution in [0.3, 0.4) is 0 Å². The van der Waals surface area contributed by atoms with Gasteiger partial charge in [0.25, 0.3) is 0 Å². The van der Waals surface area contributed by atoms with E-state index in [-0.39, 0.29) is 31.2 Å². The van der Waals surface area contributed by atoms with E-state index in [0.29, 0.717) is 22.2 Å². The first kappa shape index (κ1) is 18.7. The number of carbonyl (C=O) groups excluding carboxylic acids is 2. The molecule has 0 bridgehead atoms. The van der Waals surface area contributed by atoms with Gasteiger partial charge in [-0.15, -0.1) is 0 Å². The van der Waals surface area contributed by atoms with E-state index in [2.05, 4.69) is 10.6 Å². The summed E-state index contributed by atoms with van der Waals surface area (Å²) in [6, 6.07) is 4.67. The Labute approximate surface area is 140 Å². The van der Waals surface area contributed by atoms with Gasteiger partial charge < -0.3 is 15.7 Å². The predicted octanol–water partition coefficient (Wildman–Crippen LogP) is 2.45. The third-order valence-electron chi connectivity index (χ3n) is 2.89. The van der Waals surface area contributed by atoms with E-state index in [9.17, 15) is 14.7 Å². The highest BCUT2D eigenvalue weighted by molar-refractivity contribution is 6.34. The Balaban J connectivity index is 2.36. The average molecular weight is 347 g/mol. The second-order valence-electron chi connectivity index (χ2n) is 4.87. The van der Waals surface area contributed by atoms with E-state index in [1.165, 1.54) is 0 Å². The Kier molecular flexibility index (Phi) is 8.24. The Morgan fingerprint density at radius 1 is 1.09 bits per heavy atom. The number of amides is 2. The molecule has 0 radical (unpaired) electrons. The quantitative estimate of drug-likeness (QED) is 0.676. The minimum atomic E-state index is -0.995. The number of hydrogen-bond acceptors (Lipinski definition) is 3. The Morgan fingerprint density at radius 2 is 1.68 bits per heavy atom. The molecule has 1 atom stereocenters. The molecule has 1 unspecified atom stereocenters. The summed E-state index contributed by atoms with van der Waals surface area (Å²) in [7, 11) is 0. The van der Waals surface area contributed by atoms with Crippen LogP contribution in [-0.2, 0) is 9.59 Å². The molecule has 5 nitrogen and oxygen atoms in total. The zero-order valence-electron chi connectivity index (χ0n) is 12.4. The van der Waals surface area contributed by atoms with Crippen molar-refractivity contribution in [3.05, 3.63) is 33.8 Å². The second kappa shape index (κ2) is 9.66. The number of halogens is 2. The molecule has 2 amide bonds. The van der Waals surface area contributed by atoms with Gasteiger partial charge in [0.2, 0.25) is 11.8 Å². The topological polar surface area (TPSA) is 78.4 Å². The highest BCUT2D eigenvalue weighted by atomic mass is 35.5. The molecule has 22 heavy (non-hydrogen) atoms. The van der Waals surface area contributed by atoms with Gasteiger partial charge in [0.05, 0.1) is 12.5 Å². The fourth-order valence-corrected chi connectivity index (χ4v) is 2.34. The molecule has 0 spiro atoms. The second-order valence-corrected chi connectivity index (χ2v) is 5.75. The third-order valence-corrected chi connectivity index (χ3v) is 3.33. The van der Waals surface area contributed by atoms with Gasteiger partial charge in [0, 0.05) is 29.6 Å². The van der Waals surface area contributed by atoms with Crippen molar-refractivity contribution < 1.29 is 14.7 Å². The first-order chi connectivity index (χ1) is 10.4. The first-order valence-electron chi connectivity index (χ1n) is 7.09. The van der Waals surface area contributed by atoms with Crippen molar-refractivity contribution in [1.29, 1.82) is 0 Å². The van der Waals surface area contributed by atoms with Crippen LogP contribution in [0.4, 0.5) is 0 Å². The van der Waals surface area contributed by atoms with E-state index in [1.54, 1.807) is 18.2 Å². The maximum atomic E-state index is 11.7. The molecule has 0 heterocycles. The summed E-state index contributed by atoms with van der Waals surface area (Å²) in [5, 5.41) is 16.1. The summed E-state index contributed by atoms with van der Waals surface area (Å²) in [6.45, 7) is 2.82. The first-order valence-corrected chi connectivity index (χ1v) is 7.85. The number of nitrogens with one attached hydrogen (secondary N) is 2. The fraction of sp³-hybridized carbons (Fsp3) is 0.467. The molecule has 1 rings (SSSR count). The minimum Gasteiger partial charge on any atom is -0.388 e. The Hall–Kier alpha value is -1.30. The summed E-state index contributed by atoms with van der Waals surface area (Å²) >= 11 is 11.7. The smallest absolute Gasteiger partial charge is 0.222 e. The number of benzene rings is 1. The maximum absolute atomic E-state index is 11.7. The maximum Gasteiger partial charge on any atom is 0.222 e. The molecule has 0 saturated heterocycles. The molecule has 122 valence electrons. The lowest BCUT2D eigenvalue weighted by Crippen LogP contribution is -2.31. The number of aliphatic hydroxyl groups is 1. The normalized spacial score (nSPS) is 11.8. The van der Waals surface area contributed by atoms with Gasteiger partial charge >= 0.3 is 0 Å². The van der Waals surface area contributed by atoms with Crippen molar-refractivity contribution in [2.24, 2.45) is 0 Å². The van der Waals surface area contributed by atoms with Gasteiger partial charge in [-0.3, -0.25) is 9.59 Å². The van der Waals surface area contributed by atoms with Crippen molar-refractivity contribution in [2.75, 3.05) is 13.1 Å². The Morgan fingerprint density at radius 3 is 2.27 bits per heavy atom. The molecule has 0 aliphatic heterocycles. The summed E-state index contributed by atoms with van der Waals surface area (Å²) in [5.41, 5.74) is 0.480. The van der Waals surface area contributed by atoms with Gasteiger partial charge in [-0.05, 0) is 30.2 Å². The minimum absolute atomic E-state index is 0.107. The van der Waals surface area contributed by atoms with Gasteiger partial charge in [0.15, 0.2) is 0 Å². The SMILES string of the molecule is CCCNC(=O)CCNC(=O)CC(O)c1cc(Cl)cc(Cl)c1. The van der Waals surface area contributed by atoms with Gasteiger partial charge in [0.1, 0.15) is 0 Å². The molecule has 0 aliphatic carbocycles. The van der Waals surface area contributed by atoms with Crippen molar-refractivity contribution in [3.8, 4) is 0 Å². The molecule has 0 aliphatic rings. The van der Waals surface area contributed by atoms with E-state index in [0.717, 1.165) is 6.42 Å². The van der Waals surface area contributed by atoms with Crippen LogP contribution in [0.1, 0.15) is 37.9 Å². The zero-order valence-corrected chi connectivity index (χ0v) is 13.9. The van der Waals surface area contributed by atoms with E-state index in [1.807, 2.05) is 6.92 Å². The van der Waals surface area contributed by atoms with Gasteiger partial charge in [-0.25, -0.2) is 0 Å². The number of rotatable bonds is 8. The van der Waals surface area contributed by atoms with Crippen LogP contribution < -0.4 is 10.6 Å². The van der Waals surface area contributed by atoms with Gasteiger partial charge in [-0.2, -0.15) is 0 Å². The summed E-state index contributed by atoms with van der Waals surface area (Å²) < 4.78 is 0. The van der Waals surface area contributed by atoms with Crippen LogP contribution >= 0.6 is 23.2 Å². The third kappa shape index (κ3) is 7.11. The molecular formula is C15H20Cl2N2O3. The van der Waals surface area contributed by atoms with Crippen molar-refractivity contribution in [1.82, 2.24) is 10.6 Å². The zero-order chi connectivity index (χ0) is 16.5. The summed E-state index contributed by atoms with van der Waals surface area (Å²) in [6.07, 6.45) is -0.0324. The highest BCUT2D eigenvalue weighted by Crippen LogP contribution is 2.25. The van der Waals surface area contributed by atoms with Crippen LogP contribution in [0.2, 0.25) is 10.0 Å². The molecule has 0 saturated carbocycles. The van der Waals surface area contributed by atoms with Gasteiger partial charge in [-0.1, -0.05) is 30.1 Å². The lowest BCUT2D eigenvalue weighted by atomic mass is 10.1. The highest BCUT2D eigenvalue weighted by Gasteiger charge is 2.14. The molecule has 0 fully saturated rings. The average Bonchev–Trinajstić information content (AvgIpc) is 2.44. The van der Waals surface area contributed by atoms with E-state index < -0.39 is 6.10 Å². The summed E-state index contributed by atoms with van der Waals surface area (Å²) in [5.74, 6) is -0.448. The van der Waals surface area contributed by atoms with Crippen molar-refractivity contribution >= 4 is 35.0 Å². The summed E-state index contributed by atoms with van der Waals surface area (Å²) in [4.78, 5) is 23.1. The van der Waals surface area contributed by atoms with Crippen LogP contribution in [0.25, 0.3) is 0 Å². The molecule has 0 aromatic heterocycles. The number of hydrogen-bond donors (Lipinski definition) is 3. The van der Waals surface area contributed by atoms with Crippen LogP contribution in [0.5, 0.6) is 0 Å². The van der Waals surface area contributed by atoms with Crippen molar-refractivity contribution in [2.45, 2.75) is 32.3 Å². The fourth-order valence-electron chi connectivity index (χ4n) is 1.80. The standard InChI is InChI=1S/C15H20Cl2N2O3/c1-2-4-18-14(21)3-5-19-15(22)9-13(20)10-6-11(16)8-12(17)7-10/h6-8,13,20H,2-5,9H2,1H3,(H,18,21)(H,19,22). The molecular weight excluding hydrogens is 327 g/mol. The van der Waals surface area contributed by atoms with Crippen LogP contribution in [0, 0.1) is 0 Å². The molecule has 1 aromatic rings. The lowest BCUT2D eigenvalue weighted by Gasteiger charge is -2.12. The lowest BCUT2D eigenvalue weighted by molar-refractivity contribution is -0.123. The van der Waals surface area contributed by atoms with Crippen LogP contribution in [-0.4, -0.2) is 30.0 Å². The van der Waals surface area contributed by atoms with E-state index >= 15 is 0 Å². The molecule has 3 N–H and O–H groups in total. The molecule has 7 heteroatoms. The molecule has 1 aromatic carbocycles. The van der Waals surface area contributed by atoms with E-state index in [4.69, 9.17) is 23.2 Å². The monoisotopic (exact) mass is 346 g/mol. The van der Waals surface area contributed by atoms with Crippen LogP contribution in [0.15, 0.2) is 18.2 Å².